The lowest BCUT2D eigenvalue weighted by atomic mass is 10.1. The Morgan fingerprint density at radius 2 is 1.86 bits per heavy atom. The van der Waals surface area contributed by atoms with Crippen molar-refractivity contribution in [2.75, 3.05) is 0 Å². The normalized spacial score (nSPS) is 8.57. The molecule has 0 aliphatic carbocycles. The molecule has 0 bridgehead atoms. The highest BCUT2D eigenvalue weighted by molar-refractivity contribution is 6.28. The zero-order chi connectivity index (χ0) is 5.11. The van der Waals surface area contributed by atoms with Crippen LogP contribution in [0.25, 0.3) is 0 Å². The molecular weight excluding hydrogens is 86.9 g/mol. The summed E-state index contributed by atoms with van der Waals surface area (Å²) in [6.07, 6.45) is 3.20. The fourth-order valence-corrected chi connectivity index (χ4v) is 0.311. The highest BCUT2D eigenvalue weighted by Crippen LogP contribution is 1.64. The van der Waals surface area contributed by atoms with E-state index in [4.69, 9.17) is 7.85 Å². The number of hydrogen-bond donors (Lipinski definition) is 0. The lowest BCUT2D eigenvalue weighted by Gasteiger charge is -1.82. The summed E-state index contributed by atoms with van der Waals surface area (Å²) in [6, 6.07) is 1.72. The van der Waals surface area contributed by atoms with Crippen LogP contribution in [0.2, 0.25) is 0 Å². The van der Waals surface area contributed by atoms with Crippen molar-refractivity contribution in [2.45, 2.75) is 0 Å². The molecule has 2 radical (unpaired) electrons. The molecular formula is C4H3BN2. The van der Waals surface area contributed by atoms with Gasteiger partial charge in [-0.15, -0.1) is 0 Å². The van der Waals surface area contributed by atoms with Crippen LogP contribution in [-0.2, 0) is 0 Å². The summed E-state index contributed by atoms with van der Waals surface area (Å²) in [4.78, 5) is 7.29. The van der Waals surface area contributed by atoms with E-state index in [0.717, 1.165) is 0 Å². The molecule has 1 heterocycles. The van der Waals surface area contributed by atoms with Crippen LogP contribution in [0.15, 0.2) is 18.5 Å². The molecule has 0 saturated carbocycles. The van der Waals surface area contributed by atoms with E-state index in [9.17, 15) is 0 Å². The number of hydrogen-bond acceptors (Lipinski definition) is 2. The lowest BCUT2D eigenvalue weighted by Crippen LogP contribution is -2.10. The lowest BCUT2D eigenvalue weighted by molar-refractivity contribution is 1.24. The molecule has 0 saturated heterocycles. The van der Waals surface area contributed by atoms with E-state index in [1.165, 1.54) is 0 Å². The Morgan fingerprint density at radius 3 is 2.14 bits per heavy atom. The largest absolute Gasteiger partial charge is 0.254 e. The minimum Gasteiger partial charge on any atom is -0.254 e. The van der Waals surface area contributed by atoms with Gasteiger partial charge >= 0.3 is 0 Å². The van der Waals surface area contributed by atoms with E-state index in [0.29, 0.717) is 5.72 Å². The van der Waals surface area contributed by atoms with Crippen LogP contribution < -0.4 is 5.72 Å². The van der Waals surface area contributed by atoms with Crippen molar-refractivity contribution in [3.8, 4) is 0 Å². The quantitative estimate of drug-likeness (QED) is 0.392. The van der Waals surface area contributed by atoms with Gasteiger partial charge in [0.1, 0.15) is 0 Å². The van der Waals surface area contributed by atoms with Gasteiger partial charge in [-0.2, -0.15) is 0 Å². The van der Waals surface area contributed by atoms with Crippen LogP contribution in [0, 0.1) is 0 Å². The predicted molar refractivity (Wildman–Crippen MR) is 27.4 cm³/mol. The molecule has 1 aromatic heterocycles. The first-order chi connectivity index (χ1) is 3.39. The second-order valence-electron chi connectivity index (χ2n) is 1.11. The van der Waals surface area contributed by atoms with Gasteiger partial charge in [-0.1, -0.05) is 0 Å². The summed E-state index contributed by atoms with van der Waals surface area (Å²) in [6.45, 7) is 0. The fraction of sp³-hybridized carbons (Fsp3) is 0. The molecule has 1 rings (SSSR count). The summed E-state index contributed by atoms with van der Waals surface area (Å²) in [5.41, 5.74) is 0.322. The van der Waals surface area contributed by atoms with Gasteiger partial charge in [0.05, 0.1) is 5.72 Å². The Hall–Kier alpha value is -0.855. The second-order valence-corrected chi connectivity index (χ2v) is 1.11. The van der Waals surface area contributed by atoms with Gasteiger partial charge in [-0.05, 0) is 6.07 Å². The Bertz CT molecular complexity index is 140. The van der Waals surface area contributed by atoms with Gasteiger partial charge in [0.25, 0.3) is 0 Å². The molecule has 0 fully saturated rings. The van der Waals surface area contributed by atoms with E-state index in [-0.39, 0.29) is 0 Å². The predicted octanol–water partition coefficient (Wildman–Crippen LogP) is -0.730. The molecule has 0 aromatic carbocycles. The van der Waals surface area contributed by atoms with Gasteiger partial charge in [0, 0.05) is 12.4 Å². The van der Waals surface area contributed by atoms with Gasteiger partial charge in [-0.25, -0.2) is 0 Å². The van der Waals surface area contributed by atoms with Crippen molar-refractivity contribution in [2.24, 2.45) is 0 Å². The molecule has 0 spiro atoms. The molecule has 0 N–H and O–H groups in total. The van der Waals surface area contributed by atoms with E-state index < -0.39 is 0 Å². The Labute approximate surface area is 43.0 Å². The van der Waals surface area contributed by atoms with Crippen molar-refractivity contribution >= 4 is 13.6 Å². The Balaban J connectivity index is 3.02. The first-order valence-electron chi connectivity index (χ1n) is 1.92. The average molecular weight is 89.9 g/mol. The number of rotatable bonds is 0. The number of aromatic nitrogens is 2. The highest BCUT2D eigenvalue weighted by Gasteiger charge is 1.74. The molecule has 0 amide bonds. The fourth-order valence-electron chi connectivity index (χ4n) is 0.311. The molecule has 2 nitrogen and oxygen atoms in total. The smallest absolute Gasteiger partial charge is 0.170 e. The van der Waals surface area contributed by atoms with Crippen molar-refractivity contribution in [3.05, 3.63) is 18.5 Å². The first-order valence-corrected chi connectivity index (χ1v) is 1.92. The molecule has 1 aromatic rings. The first kappa shape index (κ1) is 4.31. The third-order valence-electron chi connectivity index (χ3n) is 0.586. The van der Waals surface area contributed by atoms with Gasteiger partial charge < -0.3 is 0 Å². The van der Waals surface area contributed by atoms with Crippen molar-refractivity contribution < 1.29 is 0 Å². The summed E-state index contributed by atoms with van der Waals surface area (Å²) in [5, 5.41) is 0. The van der Waals surface area contributed by atoms with Crippen molar-refractivity contribution in [1.29, 1.82) is 0 Å². The maximum absolute atomic E-state index is 5.14. The van der Waals surface area contributed by atoms with Crippen molar-refractivity contribution in [3.63, 3.8) is 0 Å². The topological polar surface area (TPSA) is 25.8 Å². The third kappa shape index (κ3) is 0.997. The van der Waals surface area contributed by atoms with Gasteiger partial charge in [0.15, 0.2) is 7.85 Å². The highest BCUT2D eigenvalue weighted by atomic mass is 14.8. The van der Waals surface area contributed by atoms with Gasteiger partial charge in [-0.3, -0.25) is 9.97 Å². The van der Waals surface area contributed by atoms with E-state index in [1.54, 1.807) is 18.5 Å². The van der Waals surface area contributed by atoms with Crippen LogP contribution in [0.4, 0.5) is 0 Å². The zero-order valence-electron chi connectivity index (χ0n) is 3.70. The minimum absolute atomic E-state index is 0.322. The molecule has 32 valence electrons. The minimum atomic E-state index is 0.322. The van der Waals surface area contributed by atoms with Crippen LogP contribution in [-0.4, -0.2) is 17.8 Å². The van der Waals surface area contributed by atoms with Crippen LogP contribution in [0.1, 0.15) is 0 Å². The van der Waals surface area contributed by atoms with E-state index >= 15 is 0 Å². The molecule has 0 aliphatic heterocycles. The standard InChI is InChI=1S/C4H3BN2/c5-4-6-2-1-3-7-4/h1-3H. The van der Waals surface area contributed by atoms with Gasteiger partial charge in [0.2, 0.25) is 0 Å². The zero-order valence-corrected chi connectivity index (χ0v) is 3.70. The van der Waals surface area contributed by atoms with E-state index in [2.05, 4.69) is 9.97 Å². The third-order valence-corrected chi connectivity index (χ3v) is 0.586. The summed E-state index contributed by atoms with van der Waals surface area (Å²) < 4.78 is 0. The molecule has 0 aliphatic rings. The Morgan fingerprint density at radius 1 is 1.29 bits per heavy atom. The average Bonchev–Trinajstić information content (AvgIpc) is 1.69. The molecule has 7 heavy (non-hydrogen) atoms. The van der Waals surface area contributed by atoms with E-state index in [1.807, 2.05) is 0 Å². The van der Waals surface area contributed by atoms with Crippen molar-refractivity contribution in [1.82, 2.24) is 9.97 Å². The Kier molecular flexibility index (Phi) is 1.07. The van der Waals surface area contributed by atoms with Crippen LogP contribution in [0.3, 0.4) is 0 Å². The maximum Gasteiger partial charge on any atom is 0.170 e. The second kappa shape index (κ2) is 1.73. The van der Waals surface area contributed by atoms with Crippen LogP contribution in [0.5, 0.6) is 0 Å². The summed E-state index contributed by atoms with van der Waals surface area (Å²) in [5.74, 6) is 0. The SMILES string of the molecule is [B]c1ncccn1. The monoisotopic (exact) mass is 90.0 g/mol. The molecule has 0 atom stereocenters. The maximum atomic E-state index is 5.14. The summed E-state index contributed by atoms with van der Waals surface area (Å²) >= 11 is 0. The molecule has 3 heteroatoms. The number of nitrogens with zero attached hydrogens (tertiary/aromatic N) is 2. The summed E-state index contributed by atoms with van der Waals surface area (Å²) in [7, 11) is 5.14. The molecule has 0 unspecified atom stereocenters. The van der Waals surface area contributed by atoms with Crippen LogP contribution >= 0.6 is 0 Å².